The van der Waals surface area contributed by atoms with E-state index in [1.807, 2.05) is 0 Å². The van der Waals surface area contributed by atoms with Crippen molar-refractivity contribution in [3.63, 3.8) is 0 Å². The molecule has 0 aromatic heterocycles. The van der Waals surface area contributed by atoms with Crippen molar-refractivity contribution in [1.82, 2.24) is 9.80 Å². The first-order valence-corrected chi connectivity index (χ1v) is 9.30. The number of ether oxygens (including phenoxy) is 1. The van der Waals surface area contributed by atoms with Crippen molar-refractivity contribution in [2.45, 2.75) is 38.1 Å². The second-order valence-corrected chi connectivity index (χ2v) is 7.00. The molecule has 0 N–H and O–H groups in total. The molecule has 2 rings (SSSR count). The van der Waals surface area contributed by atoms with Crippen LogP contribution in [0.15, 0.2) is 12.1 Å². The van der Waals surface area contributed by atoms with E-state index in [0.717, 1.165) is 11.0 Å². The largest absolute Gasteiger partial charge is 0.642 e. The number of amides is 2. The Bertz CT molecular complexity index is 751. The number of carbonyl (C=O) groups excluding carboxylic acids is 3. The van der Waals surface area contributed by atoms with Crippen LogP contribution < -0.4 is 0 Å². The third kappa shape index (κ3) is 8.88. The van der Waals surface area contributed by atoms with E-state index in [4.69, 9.17) is 11.6 Å². The van der Waals surface area contributed by atoms with Gasteiger partial charge in [0.2, 0.25) is 12.3 Å². The number of rotatable bonds is 8. The van der Waals surface area contributed by atoms with Crippen molar-refractivity contribution in [2.75, 3.05) is 27.9 Å². The van der Waals surface area contributed by atoms with Gasteiger partial charge in [0.05, 0.1) is 16.6 Å². The fourth-order valence-electron chi connectivity index (χ4n) is 2.82. The maximum atomic E-state index is 12.9. The Labute approximate surface area is 198 Å². The van der Waals surface area contributed by atoms with E-state index in [9.17, 15) is 27.6 Å². The molecule has 31 heavy (non-hydrogen) atoms. The summed E-state index contributed by atoms with van der Waals surface area (Å²) in [7, 11) is 4.76. The Kier molecular flexibility index (Phi) is 13.2. The summed E-state index contributed by atoms with van der Waals surface area (Å²) in [6.07, 6.45) is -3.32. The fraction of sp³-hybridized carbons (Fsp3) is 0.526. The predicted molar refractivity (Wildman–Crippen MR) is 105 cm³/mol. The molecule has 174 valence electrons. The van der Waals surface area contributed by atoms with Gasteiger partial charge >= 0.3 is 6.18 Å². The average molecular weight is 635 g/mol. The van der Waals surface area contributed by atoms with Crippen molar-refractivity contribution >= 4 is 30.2 Å². The summed E-state index contributed by atoms with van der Waals surface area (Å²) in [6, 6.07) is 1.50. The van der Waals surface area contributed by atoms with Gasteiger partial charge in [-0.3, -0.25) is 9.59 Å². The summed E-state index contributed by atoms with van der Waals surface area (Å²) in [6.45, 7) is 0.741. The summed E-state index contributed by atoms with van der Waals surface area (Å²) in [5.74, 6) is -0.299. The quantitative estimate of drug-likeness (QED) is 0.412. The zero-order chi connectivity index (χ0) is 22.9. The van der Waals surface area contributed by atoms with Crippen LogP contribution in [0.4, 0.5) is 13.2 Å². The van der Waals surface area contributed by atoms with E-state index in [2.05, 4.69) is 10.1 Å². The monoisotopic (exact) mass is 634 g/mol. The van der Waals surface area contributed by atoms with Crippen LogP contribution in [-0.4, -0.2) is 62.4 Å². The van der Waals surface area contributed by atoms with Gasteiger partial charge in [-0.1, -0.05) is 11.6 Å². The Morgan fingerprint density at radius 1 is 1.32 bits per heavy atom. The van der Waals surface area contributed by atoms with E-state index < -0.39 is 22.8 Å². The van der Waals surface area contributed by atoms with Gasteiger partial charge in [-0.25, -0.2) is 0 Å². The molecule has 2 amide bonds. The van der Waals surface area contributed by atoms with Crippen LogP contribution in [0.2, 0.25) is 5.02 Å². The molecule has 0 fully saturated rings. The first-order valence-electron chi connectivity index (χ1n) is 8.92. The molecule has 0 radical (unpaired) electrons. The number of carbonyl (C=O) groups is 3. The van der Waals surface area contributed by atoms with Crippen LogP contribution in [0.5, 0.6) is 0 Å². The number of aldehydes is 1. The number of benzene rings is 1. The van der Waals surface area contributed by atoms with Crippen LogP contribution in [0, 0.1) is 0 Å². The maximum absolute atomic E-state index is 12.9. The molecule has 0 bridgehead atoms. The van der Waals surface area contributed by atoms with E-state index in [1.165, 1.54) is 18.0 Å². The summed E-state index contributed by atoms with van der Waals surface area (Å²) >= 11 is 5.69. The third-order valence-corrected chi connectivity index (χ3v) is 4.74. The van der Waals surface area contributed by atoms with Gasteiger partial charge in [-0.05, 0) is 36.4 Å². The van der Waals surface area contributed by atoms with Crippen molar-refractivity contribution in [3.8, 4) is 0 Å². The minimum Gasteiger partial charge on any atom is -0.642 e. The van der Waals surface area contributed by atoms with Crippen LogP contribution in [-0.2, 0) is 59.5 Å². The number of fused-ring (bicyclic) bond motifs is 1. The molecule has 1 unspecified atom stereocenters. The van der Waals surface area contributed by atoms with Crippen LogP contribution in [0.1, 0.15) is 29.5 Å². The van der Waals surface area contributed by atoms with Crippen LogP contribution in [0.25, 0.3) is 5.32 Å². The van der Waals surface area contributed by atoms with E-state index in [0.29, 0.717) is 30.6 Å². The second-order valence-electron chi connectivity index (χ2n) is 6.60. The number of methoxy groups -OCH3 is 1. The second kappa shape index (κ2) is 13.8. The summed E-state index contributed by atoms with van der Waals surface area (Å²) in [5, 5.41) is 3.24. The average Bonchev–Trinajstić information content (AvgIpc) is 3.10. The molecule has 12 heteroatoms. The predicted octanol–water partition coefficient (Wildman–Crippen LogP) is 3.23. The van der Waals surface area contributed by atoms with Crippen molar-refractivity contribution in [3.05, 3.63) is 39.2 Å². The van der Waals surface area contributed by atoms with E-state index in [1.54, 1.807) is 14.2 Å². The molecule has 1 aromatic carbocycles. The van der Waals surface area contributed by atoms with Crippen molar-refractivity contribution < 1.29 is 53.4 Å². The number of hydrogen-bond donors (Lipinski definition) is 0. The molecule has 1 aliphatic rings. The number of hydrogen-bond acceptors (Lipinski definition) is 4. The molecule has 0 saturated carbocycles. The molecule has 1 aromatic rings. The Morgan fingerprint density at radius 2 is 1.90 bits per heavy atom. The zero-order valence-corrected chi connectivity index (χ0v) is 21.0. The molecular weight excluding hydrogens is 611 g/mol. The van der Waals surface area contributed by atoms with E-state index >= 15 is 0 Å². The third-order valence-electron chi connectivity index (χ3n) is 4.43. The SMILES string of the molecule is CN(C=O)C(C=O)CCC(=O)N1Cc2cc(Cl)c(C(F)(F)F)cc2C1.C[N-]COC.[W]. The molecule has 1 atom stereocenters. The standard InChI is InChI=1S/C16H16ClF3N2O3.C3H8NO.W/c1-21(9-24)12(8-23)2-3-15(25)22-6-10-4-13(16(18,19)20)14(17)5-11(10)7-22;1-4-3-5-2;/h4-5,8-9,12H,2-3,6-7H2,1H3;3H2,1-2H3;/q;-1;. The minimum absolute atomic E-state index is 0. The summed E-state index contributed by atoms with van der Waals surface area (Å²) in [5.41, 5.74) is 0.0566. The summed E-state index contributed by atoms with van der Waals surface area (Å²) in [4.78, 5) is 36.4. The zero-order valence-electron chi connectivity index (χ0n) is 17.3. The van der Waals surface area contributed by atoms with Crippen molar-refractivity contribution in [2.24, 2.45) is 0 Å². The first-order chi connectivity index (χ1) is 14.1. The normalized spacial score (nSPS) is 13.3. The molecule has 0 aliphatic carbocycles. The molecule has 7 nitrogen and oxygen atoms in total. The van der Waals surface area contributed by atoms with E-state index in [-0.39, 0.29) is 52.9 Å². The number of alkyl halides is 3. The van der Waals surface area contributed by atoms with Gasteiger partial charge in [0, 0.05) is 54.7 Å². The molecule has 0 saturated heterocycles. The smallest absolute Gasteiger partial charge is 0.417 e. The van der Waals surface area contributed by atoms with Crippen LogP contribution >= 0.6 is 11.6 Å². The van der Waals surface area contributed by atoms with Gasteiger partial charge in [0.25, 0.3) is 0 Å². The topological polar surface area (TPSA) is 81.0 Å². The molecule has 1 aliphatic heterocycles. The first kappa shape index (κ1) is 29.5. The molecular formula is C19H24ClF3N3O4W-. The van der Waals surface area contributed by atoms with Gasteiger partial charge in [-0.2, -0.15) is 20.2 Å². The number of nitrogens with zero attached hydrogens (tertiary/aromatic N) is 3. The Hall–Kier alpha value is -1.48. The van der Waals surface area contributed by atoms with Gasteiger partial charge < -0.3 is 24.6 Å². The molecule has 0 spiro atoms. The summed E-state index contributed by atoms with van der Waals surface area (Å²) < 4.78 is 43.2. The van der Waals surface area contributed by atoms with Crippen molar-refractivity contribution in [1.29, 1.82) is 0 Å². The number of halogens is 4. The Morgan fingerprint density at radius 3 is 2.32 bits per heavy atom. The number of likely N-dealkylation sites (N-methyl/N-ethyl adjacent to an activating group) is 1. The molecule has 1 heterocycles. The van der Waals surface area contributed by atoms with Gasteiger partial charge in [0.1, 0.15) is 6.29 Å². The van der Waals surface area contributed by atoms with Gasteiger partial charge in [0.15, 0.2) is 0 Å². The maximum Gasteiger partial charge on any atom is 0.417 e. The van der Waals surface area contributed by atoms with Gasteiger partial charge in [-0.15, -0.1) is 0 Å². The minimum atomic E-state index is -4.56. The fourth-order valence-corrected chi connectivity index (χ4v) is 3.11. The Balaban J connectivity index is 0.00000135. The van der Waals surface area contributed by atoms with Crippen LogP contribution in [0.3, 0.4) is 0 Å².